The van der Waals surface area contributed by atoms with Crippen LogP contribution < -0.4 is 0 Å². The van der Waals surface area contributed by atoms with Crippen LogP contribution in [0.1, 0.15) is 52.5 Å². The monoisotopic (exact) mass is 216 g/mol. The highest BCUT2D eigenvalue weighted by atomic mass is 14.3. The van der Waals surface area contributed by atoms with Crippen molar-refractivity contribution in [2.75, 3.05) is 0 Å². The van der Waals surface area contributed by atoms with Gasteiger partial charge < -0.3 is 0 Å². The molecule has 1 aromatic carbocycles. The molecule has 16 heavy (non-hydrogen) atoms. The van der Waals surface area contributed by atoms with Gasteiger partial charge in [-0.05, 0) is 25.8 Å². The van der Waals surface area contributed by atoms with E-state index in [-0.39, 0.29) is 5.41 Å². The molecule has 88 valence electrons. The molecule has 1 aromatic rings. The lowest BCUT2D eigenvalue weighted by Crippen LogP contribution is -2.23. The van der Waals surface area contributed by atoms with Crippen LogP contribution in [0.5, 0.6) is 0 Å². The molecule has 0 amide bonds. The minimum atomic E-state index is 0.214. The lowest BCUT2D eigenvalue weighted by atomic mass is 9.73. The maximum atomic E-state index is 2.37. The summed E-state index contributed by atoms with van der Waals surface area (Å²) in [4.78, 5) is 0. The largest absolute Gasteiger partial charge is 0.0878 e. The van der Waals surface area contributed by atoms with Gasteiger partial charge in [0.1, 0.15) is 0 Å². The summed E-state index contributed by atoms with van der Waals surface area (Å²) in [6, 6.07) is 10.9. The molecule has 0 N–H and O–H groups in total. The highest BCUT2D eigenvalue weighted by Gasteiger charge is 2.26. The van der Waals surface area contributed by atoms with Gasteiger partial charge in [0.2, 0.25) is 0 Å². The zero-order valence-electron chi connectivity index (χ0n) is 11.1. The van der Waals surface area contributed by atoms with Crippen LogP contribution in [-0.4, -0.2) is 0 Å². The quantitative estimate of drug-likeness (QED) is 0.601. The molecule has 0 nitrogen and oxygen atoms in total. The Bertz CT molecular complexity index is 334. The van der Waals surface area contributed by atoms with Gasteiger partial charge in [-0.1, -0.05) is 68.7 Å². The predicted octanol–water partition coefficient (Wildman–Crippen LogP) is 5.10. The maximum absolute atomic E-state index is 2.37. The van der Waals surface area contributed by atoms with Crippen LogP contribution in [0.4, 0.5) is 0 Å². The zero-order chi connectivity index (χ0) is 12.0. The van der Waals surface area contributed by atoms with Gasteiger partial charge in [-0.2, -0.15) is 0 Å². The van der Waals surface area contributed by atoms with E-state index < -0.39 is 0 Å². The third kappa shape index (κ3) is 2.75. The molecule has 0 heterocycles. The van der Waals surface area contributed by atoms with Gasteiger partial charge in [0.05, 0.1) is 0 Å². The maximum Gasteiger partial charge on any atom is 0.0130 e. The van der Waals surface area contributed by atoms with E-state index in [0.717, 1.165) is 0 Å². The van der Waals surface area contributed by atoms with Crippen molar-refractivity contribution in [3.8, 4) is 0 Å². The van der Waals surface area contributed by atoms with E-state index in [2.05, 4.69) is 64.1 Å². The molecule has 0 spiro atoms. The average molecular weight is 216 g/mol. The van der Waals surface area contributed by atoms with Crippen LogP contribution in [0.25, 0.3) is 0 Å². The summed E-state index contributed by atoms with van der Waals surface area (Å²) in [5.41, 5.74) is 3.14. The summed E-state index contributed by atoms with van der Waals surface area (Å²) >= 11 is 0. The molecule has 1 atom stereocenters. The first kappa shape index (κ1) is 13.0. The Hall–Kier alpha value is -1.04. The number of hydrogen-bond donors (Lipinski definition) is 0. The van der Waals surface area contributed by atoms with E-state index in [0.29, 0.717) is 0 Å². The third-order valence-corrected chi connectivity index (χ3v) is 3.74. The molecule has 0 aliphatic carbocycles. The van der Waals surface area contributed by atoms with Gasteiger partial charge in [-0.3, -0.25) is 0 Å². The summed E-state index contributed by atoms with van der Waals surface area (Å²) in [6.45, 7) is 9.02. The van der Waals surface area contributed by atoms with Crippen molar-refractivity contribution in [3.63, 3.8) is 0 Å². The van der Waals surface area contributed by atoms with Crippen LogP contribution in [0.15, 0.2) is 42.0 Å². The molecule has 0 aliphatic rings. The minimum Gasteiger partial charge on any atom is -0.0878 e. The smallest absolute Gasteiger partial charge is 0.0130 e. The van der Waals surface area contributed by atoms with E-state index in [9.17, 15) is 0 Å². The lowest BCUT2D eigenvalue weighted by Gasteiger charge is -2.31. The van der Waals surface area contributed by atoms with Crippen LogP contribution in [0.2, 0.25) is 0 Å². The van der Waals surface area contributed by atoms with Crippen molar-refractivity contribution in [1.82, 2.24) is 0 Å². The second kappa shape index (κ2) is 5.89. The van der Waals surface area contributed by atoms with Crippen LogP contribution in [0, 0.1) is 0 Å². The van der Waals surface area contributed by atoms with Gasteiger partial charge in [0.15, 0.2) is 0 Å². The van der Waals surface area contributed by atoms with Gasteiger partial charge >= 0.3 is 0 Å². The van der Waals surface area contributed by atoms with Gasteiger partial charge in [-0.15, -0.1) is 0 Å². The molecular formula is C16H24. The van der Waals surface area contributed by atoms with Crippen molar-refractivity contribution in [3.05, 3.63) is 47.5 Å². The van der Waals surface area contributed by atoms with Crippen molar-refractivity contribution >= 4 is 0 Å². The van der Waals surface area contributed by atoms with Crippen molar-refractivity contribution in [2.45, 2.75) is 52.4 Å². The van der Waals surface area contributed by atoms with E-state index in [1.165, 1.54) is 30.4 Å². The molecule has 1 rings (SSSR count). The molecule has 1 unspecified atom stereocenters. The van der Waals surface area contributed by atoms with Crippen LogP contribution >= 0.6 is 0 Å². The molecule has 0 fully saturated rings. The Balaban J connectivity index is 3.05. The molecule has 0 aromatic heterocycles. The van der Waals surface area contributed by atoms with Crippen LogP contribution in [0.3, 0.4) is 0 Å². The SMILES string of the molecule is C/C=C(\C)C(C)(CCCC)c1ccccc1. The lowest BCUT2D eigenvalue weighted by molar-refractivity contribution is 0.482. The predicted molar refractivity (Wildman–Crippen MR) is 72.8 cm³/mol. The Kier molecular flexibility index (Phi) is 4.79. The molecule has 0 saturated heterocycles. The summed E-state index contributed by atoms with van der Waals surface area (Å²) < 4.78 is 0. The molecule has 0 radical (unpaired) electrons. The average Bonchev–Trinajstić information content (AvgIpc) is 2.36. The normalized spacial score (nSPS) is 15.9. The summed E-state index contributed by atoms with van der Waals surface area (Å²) in [5.74, 6) is 0. The van der Waals surface area contributed by atoms with Crippen molar-refractivity contribution in [2.24, 2.45) is 0 Å². The first-order valence-corrected chi connectivity index (χ1v) is 6.34. The second-order valence-corrected chi connectivity index (χ2v) is 4.77. The van der Waals surface area contributed by atoms with Gasteiger partial charge in [0.25, 0.3) is 0 Å². The van der Waals surface area contributed by atoms with E-state index in [1.807, 2.05) is 0 Å². The number of hydrogen-bond acceptors (Lipinski definition) is 0. The minimum absolute atomic E-state index is 0.214. The topological polar surface area (TPSA) is 0 Å². The second-order valence-electron chi connectivity index (χ2n) is 4.77. The third-order valence-electron chi connectivity index (χ3n) is 3.74. The number of rotatable bonds is 5. The standard InChI is InChI=1S/C16H24/c1-5-7-13-16(4,14(3)6-2)15-11-9-8-10-12-15/h6,8-12H,5,7,13H2,1-4H3/b14-6+. The van der Waals surface area contributed by atoms with E-state index in [4.69, 9.17) is 0 Å². The fourth-order valence-electron chi connectivity index (χ4n) is 2.22. The highest BCUT2D eigenvalue weighted by Crippen LogP contribution is 2.36. The Morgan fingerprint density at radius 2 is 1.88 bits per heavy atom. The van der Waals surface area contributed by atoms with Gasteiger partial charge in [0, 0.05) is 5.41 Å². The highest BCUT2D eigenvalue weighted by molar-refractivity contribution is 5.34. The molecular weight excluding hydrogens is 192 g/mol. The molecule has 0 saturated carbocycles. The molecule has 0 heteroatoms. The molecule has 0 bridgehead atoms. The number of unbranched alkanes of at least 4 members (excludes halogenated alkanes) is 1. The van der Waals surface area contributed by atoms with E-state index >= 15 is 0 Å². The fraction of sp³-hybridized carbons (Fsp3) is 0.500. The van der Waals surface area contributed by atoms with Gasteiger partial charge in [-0.25, -0.2) is 0 Å². The Morgan fingerprint density at radius 3 is 2.38 bits per heavy atom. The molecule has 0 aliphatic heterocycles. The zero-order valence-corrected chi connectivity index (χ0v) is 11.1. The van der Waals surface area contributed by atoms with Crippen molar-refractivity contribution in [1.29, 1.82) is 0 Å². The van der Waals surface area contributed by atoms with Crippen molar-refractivity contribution < 1.29 is 0 Å². The first-order valence-electron chi connectivity index (χ1n) is 6.34. The summed E-state index contributed by atoms with van der Waals surface area (Å²) in [6.07, 6.45) is 6.04. The Labute approximate surface area is 100 Å². The number of allylic oxidation sites excluding steroid dienone is 2. The first-order chi connectivity index (χ1) is 7.65. The summed E-state index contributed by atoms with van der Waals surface area (Å²) in [7, 11) is 0. The Morgan fingerprint density at radius 1 is 1.25 bits per heavy atom. The fourth-order valence-corrected chi connectivity index (χ4v) is 2.22. The number of benzene rings is 1. The summed E-state index contributed by atoms with van der Waals surface area (Å²) in [5, 5.41) is 0. The van der Waals surface area contributed by atoms with Crippen LogP contribution in [-0.2, 0) is 5.41 Å². The van der Waals surface area contributed by atoms with E-state index in [1.54, 1.807) is 0 Å².